The summed E-state index contributed by atoms with van der Waals surface area (Å²) in [6.45, 7) is -0.0902. The summed E-state index contributed by atoms with van der Waals surface area (Å²) in [7, 11) is 0. The topological polar surface area (TPSA) is 43.4 Å². The normalized spacial score (nSPS) is 10.2. The van der Waals surface area contributed by atoms with Crippen LogP contribution in [0.2, 0.25) is 5.02 Å². The highest BCUT2D eigenvalue weighted by Crippen LogP contribution is 2.26. The summed E-state index contributed by atoms with van der Waals surface area (Å²) >= 11 is 10.6. The number of halogens is 2. The number of carbonyl (C=O) groups is 2. The molecule has 0 amide bonds. The summed E-state index contributed by atoms with van der Waals surface area (Å²) in [5.74, 6) is 0.266. The predicted molar refractivity (Wildman–Crippen MR) is 78.7 cm³/mol. The van der Waals surface area contributed by atoms with Gasteiger partial charge >= 0.3 is 0 Å². The van der Waals surface area contributed by atoms with Crippen LogP contribution in [0.25, 0.3) is 0 Å². The zero-order valence-corrected chi connectivity index (χ0v) is 12.7. The first-order chi connectivity index (χ1) is 9.10. The molecule has 1 aromatic carbocycles. The second-order valence-corrected chi connectivity index (χ2v) is 6.49. The Balaban J connectivity index is 2.02. The van der Waals surface area contributed by atoms with Crippen LogP contribution in [0, 0.1) is 0 Å². The van der Waals surface area contributed by atoms with Gasteiger partial charge in [-0.3, -0.25) is 9.59 Å². The number of ketones is 1. The zero-order valence-electron chi connectivity index (χ0n) is 9.56. The van der Waals surface area contributed by atoms with Crippen molar-refractivity contribution in [1.82, 2.24) is 0 Å². The predicted octanol–water partition coefficient (Wildman–Crippen LogP) is 4.24. The third-order valence-corrected chi connectivity index (χ3v) is 4.26. The summed E-state index contributed by atoms with van der Waals surface area (Å²) in [5.41, 5.74) is 0.464. The van der Waals surface area contributed by atoms with E-state index in [2.05, 4.69) is 15.9 Å². The molecule has 2 rings (SSSR count). The zero-order chi connectivity index (χ0) is 13.8. The number of thiophene rings is 1. The van der Waals surface area contributed by atoms with Gasteiger partial charge in [-0.2, -0.15) is 0 Å². The molecule has 19 heavy (non-hydrogen) atoms. The Morgan fingerprint density at radius 2 is 2.16 bits per heavy atom. The minimum atomic E-state index is -0.119. The standard InChI is InChI=1S/C13H8BrClO3S/c14-13-4-3-12(19-13)10(17)7-18-11-2-1-8(6-16)5-9(11)15/h1-6H,7H2. The maximum absolute atomic E-state index is 11.8. The monoisotopic (exact) mass is 358 g/mol. The molecule has 0 unspecified atom stereocenters. The lowest BCUT2D eigenvalue weighted by Gasteiger charge is -2.06. The van der Waals surface area contributed by atoms with Gasteiger partial charge in [0.05, 0.1) is 13.7 Å². The molecule has 0 bridgehead atoms. The molecule has 0 fully saturated rings. The van der Waals surface area contributed by atoms with Gasteiger partial charge in [-0.1, -0.05) is 11.6 Å². The number of benzene rings is 1. The number of hydrogen-bond donors (Lipinski definition) is 0. The van der Waals surface area contributed by atoms with Crippen molar-refractivity contribution in [2.24, 2.45) is 0 Å². The van der Waals surface area contributed by atoms with Gasteiger partial charge < -0.3 is 4.74 Å². The van der Waals surface area contributed by atoms with Crippen molar-refractivity contribution >= 4 is 50.9 Å². The van der Waals surface area contributed by atoms with Crippen LogP contribution < -0.4 is 4.74 Å². The molecule has 2 aromatic rings. The van der Waals surface area contributed by atoms with E-state index >= 15 is 0 Å². The Bertz CT molecular complexity index is 624. The van der Waals surface area contributed by atoms with Crippen molar-refractivity contribution in [1.29, 1.82) is 0 Å². The van der Waals surface area contributed by atoms with Crippen LogP contribution in [0.1, 0.15) is 20.0 Å². The van der Waals surface area contributed by atoms with Crippen LogP contribution in [0.4, 0.5) is 0 Å². The van der Waals surface area contributed by atoms with Crippen LogP contribution in [0.3, 0.4) is 0 Å². The van der Waals surface area contributed by atoms with E-state index in [1.807, 2.05) is 6.07 Å². The van der Waals surface area contributed by atoms with E-state index in [0.29, 0.717) is 27.5 Å². The van der Waals surface area contributed by atoms with E-state index in [9.17, 15) is 9.59 Å². The Morgan fingerprint density at radius 3 is 2.74 bits per heavy atom. The SMILES string of the molecule is O=Cc1ccc(OCC(=O)c2ccc(Br)s2)c(Cl)c1. The van der Waals surface area contributed by atoms with Gasteiger partial charge in [0.25, 0.3) is 0 Å². The summed E-state index contributed by atoms with van der Waals surface area (Å²) in [6.07, 6.45) is 0.698. The number of aldehydes is 1. The van der Waals surface area contributed by atoms with Gasteiger partial charge in [0.2, 0.25) is 5.78 Å². The molecule has 0 aliphatic heterocycles. The lowest BCUT2D eigenvalue weighted by Crippen LogP contribution is -2.10. The van der Waals surface area contributed by atoms with Crippen molar-refractivity contribution in [3.05, 3.63) is 49.6 Å². The molecule has 0 N–H and O–H groups in total. The molecule has 0 atom stereocenters. The molecule has 0 saturated carbocycles. The Morgan fingerprint density at radius 1 is 1.37 bits per heavy atom. The van der Waals surface area contributed by atoms with Crippen LogP contribution in [-0.2, 0) is 0 Å². The van der Waals surface area contributed by atoms with Crippen LogP contribution in [0.5, 0.6) is 5.75 Å². The molecule has 0 saturated heterocycles. The maximum Gasteiger partial charge on any atom is 0.210 e. The number of rotatable bonds is 5. The average molecular weight is 360 g/mol. The van der Waals surface area contributed by atoms with Gasteiger partial charge in [-0.25, -0.2) is 0 Å². The third-order valence-electron chi connectivity index (χ3n) is 2.30. The molecule has 3 nitrogen and oxygen atoms in total. The smallest absolute Gasteiger partial charge is 0.210 e. The summed E-state index contributed by atoms with van der Waals surface area (Å²) in [6, 6.07) is 8.20. The minimum Gasteiger partial charge on any atom is -0.484 e. The first-order valence-corrected chi connectivity index (χ1v) is 7.25. The van der Waals surface area contributed by atoms with Crippen molar-refractivity contribution in [3.63, 3.8) is 0 Å². The molecule has 6 heteroatoms. The fraction of sp³-hybridized carbons (Fsp3) is 0.0769. The largest absolute Gasteiger partial charge is 0.484 e. The van der Waals surface area contributed by atoms with Crippen LogP contribution in [0.15, 0.2) is 34.1 Å². The lowest BCUT2D eigenvalue weighted by molar-refractivity contribution is 0.0925. The first-order valence-electron chi connectivity index (χ1n) is 5.26. The first kappa shape index (κ1) is 14.2. The number of carbonyl (C=O) groups excluding carboxylic acids is 2. The van der Waals surface area contributed by atoms with Crippen molar-refractivity contribution in [3.8, 4) is 5.75 Å². The van der Waals surface area contributed by atoms with Gasteiger partial charge in [0.15, 0.2) is 6.61 Å². The third kappa shape index (κ3) is 3.65. The van der Waals surface area contributed by atoms with Crippen molar-refractivity contribution in [2.45, 2.75) is 0 Å². The van der Waals surface area contributed by atoms with E-state index in [-0.39, 0.29) is 12.4 Å². The molecular formula is C13H8BrClO3S. The molecule has 0 radical (unpaired) electrons. The second-order valence-electron chi connectivity index (χ2n) is 3.62. The molecular weight excluding hydrogens is 352 g/mol. The number of Topliss-reactive ketones (excluding diaryl/α,β-unsaturated/α-hetero) is 1. The number of ether oxygens (including phenoxy) is 1. The Kier molecular flexibility index (Phi) is 4.74. The van der Waals surface area contributed by atoms with E-state index in [1.165, 1.54) is 17.4 Å². The van der Waals surface area contributed by atoms with Gasteiger partial charge in [-0.15, -0.1) is 11.3 Å². The molecule has 0 aliphatic carbocycles. The number of hydrogen-bond acceptors (Lipinski definition) is 4. The Labute approximate surface area is 127 Å². The summed E-state index contributed by atoms with van der Waals surface area (Å²) in [4.78, 5) is 23.0. The highest BCUT2D eigenvalue weighted by Gasteiger charge is 2.11. The van der Waals surface area contributed by atoms with Crippen molar-refractivity contribution in [2.75, 3.05) is 6.61 Å². The summed E-state index contributed by atoms with van der Waals surface area (Å²) in [5, 5.41) is 0.310. The van der Waals surface area contributed by atoms with Crippen molar-refractivity contribution < 1.29 is 14.3 Å². The fourth-order valence-electron chi connectivity index (χ4n) is 1.39. The van der Waals surface area contributed by atoms with E-state index < -0.39 is 0 Å². The minimum absolute atomic E-state index is 0.0902. The second kappa shape index (κ2) is 6.32. The van der Waals surface area contributed by atoms with E-state index in [4.69, 9.17) is 16.3 Å². The Hall–Kier alpha value is -1.17. The van der Waals surface area contributed by atoms with Crippen LogP contribution in [-0.4, -0.2) is 18.7 Å². The molecule has 0 spiro atoms. The lowest BCUT2D eigenvalue weighted by atomic mass is 10.2. The highest BCUT2D eigenvalue weighted by atomic mass is 79.9. The molecule has 1 aromatic heterocycles. The summed E-state index contributed by atoms with van der Waals surface area (Å²) < 4.78 is 6.25. The van der Waals surface area contributed by atoms with E-state index in [1.54, 1.807) is 18.2 Å². The quantitative estimate of drug-likeness (QED) is 0.592. The van der Waals surface area contributed by atoms with Gasteiger partial charge in [0, 0.05) is 5.56 Å². The average Bonchev–Trinajstić information content (AvgIpc) is 2.83. The van der Waals surface area contributed by atoms with E-state index in [0.717, 1.165) is 3.79 Å². The molecule has 1 heterocycles. The van der Waals surface area contributed by atoms with Gasteiger partial charge in [0.1, 0.15) is 12.0 Å². The van der Waals surface area contributed by atoms with Gasteiger partial charge in [-0.05, 0) is 46.3 Å². The van der Waals surface area contributed by atoms with Crippen LogP contribution >= 0.6 is 38.9 Å². The maximum atomic E-state index is 11.8. The molecule has 98 valence electrons. The molecule has 0 aliphatic rings. The highest BCUT2D eigenvalue weighted by molar-refractivity contribution is 9.11. The fourth-order valence-corrected chi connectivity index (χ4v) is 2.94.